The zero-order valence-electron chi connectivity index (χ0n) is 8.69. The summed E-state index contributed by atoms with van der Waals surface area (Å²) in [6, 6.07) is 1.87. The molecule has 0 radical (unpaired) electrons. The van der Waals surface area contributed by atoms with E-state index >= 15 is 0 Å². The van der Waals surface area contributed by atoms with E-state index in [2.05, 4.69) is 16.8 Å². The first kappa shape index (κ1) is 10.6. The molecule has 2 rings (SSSR count). The summed E-state index contributed by atoms with van der Waals surface area (Å²) in [5, 5.41) is 14.1. The third kappa shape index (κ3) is 2.21. The highest BCUT2D eigenvalue weighted by molar-refractivity contribution is 7.10. The zero-order chi connectivity index (χ0) is 10.8. The van der Waals surface area contributed by atoms with Crippen LogP contribution in [0, 0.1) is 0 Å². The summed E-state index contributed by atoms with van der Waals surface area (Å²) in [6.07, 6.45) is 3.34. The van der Waals surface area contributed by atoms with Crippen LogP contribution in [0.1, 0.15) is 36.2 Å². The van der Waals surface area contributed by atoms with Gasteiger partial charge in [0.15, 0.2) is 0 Å². The van der Waals surface area contributed by atoms with Gasteiger partial charge in [-0.05, 0) is 43.2 Å². The molecule has 82 valence electrons. The van der Waals surface area contributed by atoms with Gasteiger partial charge in [0, 0.05) is 10.9 Å². The van der Waals surface area contributed by atoms with Crippen LogP contribution in [0.3, 0.4) is 0 Å². The molecule has 0 saturated heterocycles. The largest absolute Gasteiger partial charge is 0.480 e. The van der Waals surface area contributed by atoms with Gasteiger partial charge in [-0.1, -0.05) is 0 Å². The molecule has 3 nitrogen and oxygen atoms in total. The molecule has 0 saturated carbocycles. The summed E-state index contributed by atoms with van der Waals surface area (Å²) in [6.45, 7) is 1.70. The molecule has 1 aliphatic rings. The molecule has 15 heavy (non-hydrogen) atoms. The first-order valence-electron chi connectivity index (χ1n) is 5.23. The molecule has 2 atom stereocenters. The second-order valence-corrected chi connectivity index (χ2v) is 4.97. The van der Waals surface area contributed by atoms with E-state index in [4.69, 9.17) is 5.11 Å². The normalized spacial score (nSPS) is 22.1. The molecule has 4 heteroatoms. The van der Waals surface area contributed by atoms with Crippen molar-refractivity contribution in [1.82, 2.24) is 5.32 Å². The number of hydrogen-bond donors (Lipinski definition) is 2. The van der Waals surface area contributed by atoms with Crippen molar-refractivity contribution in [3.8, 4) is 0 Å². The maximum absolute atomic E-state index is 10.8. The van der Waals surface area contributed by atoms with E-state index in [-0.39, 0.29) is 6.04 Å². The lowest BCUT2D eigenvalue weighted by atomic mass is 9.93. The third-order valence-corrected chi connectivity index (χ3v) is 3.87. The minimum atomic E-state index is -0.780. The predicted octanol–water partition coefficient (Wildman–Crippen LogP) is 2.19. The highest BCUT2D eigenvalue weighted by Crippen LogP contribution is 2.33. The van der Waals surface area contributed by atoms with Gasteiger partial charge in [0.25, 0.3) is 0 Å². The first-order chi connectivity index (χ1) is 7.18. The van der Waals surface area contributed by atoms with Crippen LogP contribution in [0.25, 0.3) is 0 Å². The lowest BCUT2D eigenvalue weighted by Crippen LogP contribution is -2.37. The van der Waals surface area contributed by atoms with Crippen molar-refractivity contribution < 1.29 is 9.90 Å². The van der Waals surface area contributed by atoms with Crippen molar-refractivity contribution >= 4 is 17.3 Å². The number of thiophene rings is 1. The Kier molecular flexibility index (Phi) is 3.07. The summed E-state index contributed by atoms with van der Waals surface area (Å²) in [5.41, 5.74) is 1.30. The maximum Gasteiger partial charge on any atom is 0.320 e. The Balaban J connectivity index is 2.09. The van der Waals surface area contributed by atoms with Gasteiger partial charge < -0.3 is 5.11 Å². The molecule has 1 aromatic heterocycles. The van der Waals surface area contributed by atoms with E-state index < -0.39 is 12.0 Å². The lowest BCUT2D eigenvalue weighted by Gasteiger charge is -2.25. The quantitative estimate of drug-likeness (QED) is 0.829. The highest BCUT2D eigenvalue weighted by atomic mass is 32.1. The number of aryl methyl sites for hydroxylation is 1. The second kappa shape index (κ2) is 4.33. The van der Waals surface area contributed by atoms with Crippen LogP contribution in [0.5, 0.6) is 0 Å². The molecule has 0 amide bonds. The Hall–Kier alpha value is -0.870. The first-order valence-corrected chi connectivity index (χ1v) is 6.11. The SMILES string of the molecule is CC(NC1CCCc2sccc21)C(=O)O. The molecular formula is C11H15NO2S. The topological polar surface area (TPSA) is 49.3 Å². The molecule has 0 bridgehead atoms. The number of rotatable bonds is 3. The Morgan fingerprint density at radius 2 is 2.53 bits per heavy atom. The summed E-state index contributed by atoms with van der Waals surface area (Å²) in [5.74, 6) is -0.780. The molecule has 1 aliphatic carbocycles. The van der Waals surface area contributed by atoms with Crippen LogP contribution in [-0.4, -0.2) is 17.1 Å². The summed E-state index contributed by atoms with van der Waals surface area (Å²) < 4.78 is 0. The molecule has 2 unspecified atom stereocenters. The van der Waals surface area contributed by atoms with Crippen molar-refractivity contribution in [2.24, 2.45) is 0 Å². The molecule has 0 spiro atoms. The van der Waals surface area contributed by atoms with Gasteiger partial charge in [-0.25, -0.2) is 0 Å². The minimum absolute atomic E-state index is 0.228. The Morgan fingerprint density at radius 1 is 1.73 bits per heavy atom. The fourth-order valence-corrected chi connectivity index (χ4v) is 3.02. The molecule has 1 heterocycles. The Morgan fingerprint density at radius 3 is 3.27 bits per heavy atom. The van der Waals surface area contributed by atoms with Crippen molar-refractivity contribution in [3.63, 3.8) is 0 Å². The van der Waals surface area contributed by atoms with Gasteiger partial charge in [0.2, 0.25) is 0 Å². The van der Waals surface area contributed by atoms with Crippen LogP contribution >= 0.6 is 11.3 Å². The molecule has 0 fully saturated rings. The van der Waals surface area contributed by atoms with E-state index in [1.807, 2.05) is 0 Å². The van der Waals surface area contributed by atoms with Crippen LogP contribution < -0.4 is 5.32 Å². The number of carboxylic acid groups (broad SMARTS) is 1. The van der Waals surface area contributed by atoms with Crippen LogP contribution in [-0.2, 0) is 11.2 Å². The van der Waals surface area contributed by atoms with E-state index in [1.165, 1.54) is 10.4 Å². The van der Waals surface area contributed by atoms with E-state index in [1.54, 1.807) is 18.3 Å². The van der Waals surface area contributed by atoms with Gasteiger partial charge in [-0.3, -0.25) is 10.1 Å². The van der Waals surface area contributed by atoms with Crippen molar-refractivity contribution in [3.05, 3.63) is 21.9 Å². The minimum Gasteiger partial charge on any atom is -0.480 e. The van der Waals surface area contributed by atoms with E-state index in [9.17, 15) is 4.79 Å². The second-order valence-electron chi connectivity index (χ2n) is 3.97. The fourth-order valence-electron chi connectivity index (χ4n) is 2.03. The molecule has 0 aliphatic heterocycles. The van der Waals surface area contributed by atoms with E-state index in [0.29, 0.717) is 0 Å². The summed E-state index contributed by atoms with van der Waals surface area (Å²) in [4.78, 5) is 12.2. The van der Waals surface area contributed by atoms with Crippen LogP contribution in [0.4, 0.5) is 0 Å². The molecule has 0 aromatic carbocycles. The van der Waals surface area contributed by atoms with Gasteiger partial charge in [-0.2, -0.15) is 0 Å². The van der Waals surface area contributed by atoms with Gasteiger partial charge in [-0.15, -0.1) is 11.3 Å². The number of carboxylic acids is 1. The standard InChI is InChI=1S/C11H15NO2S/c1-7(11(13)14)12-9-3-2-4-10-8(9)5-6-15-10/h5-7,9,12H,2-4H2,1H3,(H,13,14). The van der Waals surface area contributed by atoms with Gasteiger partial charge in [0.1, 0.15) is 6.04 Å². The summed E-state index contributed by atoms with van der Waals surface area (Å²) in [7, 11) is 0. The number of fused-ring (bicyclic) bond motifs is 1. The number of nitrogens with one attached hydrogen (secondary N) is 1. The van der Waals surface area contributed by atoms with Crippen molar-refractivity contribution in [2.75, 3.05) is 0 Å². The van der Waals surface area contributed by atoms with Gasteiger partial charge in [0.05, 0.1) is 0 Å². The smallest absolute Gasteiger partial charge is 0.320 e. The third-order valence-electron chi connectivity index (χ3n) is 2.87. The fraction of sp³-hybridized carbons (Fsp3) is 0.545. The van der Waals surface area contributed by atoms with Crippen molar-refractivity contribution in [1.29, 1.82) is 0 Å². The molecular weight excluding hydrogens is 210 g/mol. The predicted molar refractivity (Wildman–Crippen MR) is 60.2 cm³/mol. The average molecular weight is 225 g/mol. The van der Waals surface area contributed by atoms with E-state index in [0.717, 1.165) is 19.3 Å². The monoisotopic (exact) mass is 225 g/mol. The van der Waals surface area contributed by atoms with Crippen molar-refractivity contribution in [2.45, 2.75) is 38.3 Å². The number of carbonyl (C=O) groups is 1. The number of aliphatic carboxylic acids is 1. The van der Waals surface area contributed by atoms with Gasteiger partial charge >= 0.3 is 5.97 Å². The maximum atomic E-state index is 10.8. The lowest BCUT2D eigenvalue weighted by molar-refractivity contribution is -0.139. The average Bonchev–Trinajstić information content (AvgIpc) is 2.66. The Labute approximate surface area is 93.1 Å². The Bertz CT molecular complexity index is 361. The summed E-state index contributed by atoms with van der Waals surface area (Å²) >= 11 is 1.78. The van der Waals surface area contributed by atoms with Crippen LogP contribution in [0.2, 0.25) is 0 Å². The zero-order valence-corrected chi connectivity index (χ0v) is 9.51. The van der Waals surface area contributed by atoms with Crippen LogP contribution in [0.15, 0.2) is 11.4 Å². The number of hydrogen-bond acceptors (Lipinski definition) is 3. The molecule has 1 aromatic rings. The highest BCUT2D eigenvalue weighted by Gasteiger charge is 2.24. The molecule has 2 N–H and O–H groups in total.